The number of amides is 2. The normalized spacial score (nSPS) is 19.4. The third-order valence-corrected chi connectivity index (χ3v) is 5.22. The standard InChI is InChI=1S/C22H32N6O2/c1-14(2)26-20-17(8-7-9-23-20)21(30)24-11-15-10-18(29)28(22(3,4)5)19(15)16-12-25-27(6)13-16/h7-9,12-15,19H,10-11H2,1-6H3,(H,23,26)(H,24,30)/t15-,19+/m0/s1. The van der Waals surface area contributed by atoms with Gasteiger partial charge in [-0.1, -0.05) is 0 Å². The summed E-state index contributed by atoms with van der Waals surface area (Å²) in [7, 11) is 1.87. The van der Waals surface area contributed by atoms with Gasteiger partial charge in [-0.3, -0.25) is 14.3 Å². The number of aryl methyl sites for hydroxylation is 1. The molecular weight excluding hydrogens is 380 g/mol. The van der Waals surface area contributed by atoms with E-state index in [2.05, 4.69) is 20.7 Å². The highest BCUT2D eigenvalue weighted by molar-refractivity contribution is 5.98. The number of anilines is 1. The van der Waals surface area contributed by atoms with Crippen LogP contribution < -0.4 is 10.6 Å². The number of nitrogens with zero attached hydrogens (tertiary/aromatic N) is 4. The summed E-state index contributed by atoms with van der Waals surface area (Å²) in [5, 5.41) is 10.5. The molecule has 3 heterocycles. The van der Waals surface area contributed by atoms with Crippen molar-refractivity contribution >= 4 is 17.6 Å². The van der Waals surface area contributed by atoms with Crippen molar-refractivity contribution < 1.29 is 9.59 Å². The Labute approximate surface area is 178 Å². The number of nitrogens with one attached hydrogen (secondary N) is 2. The summed E-state index contributed by atoms with van der Waals surface area (Å²) < 4.78 is 1.74. The molecule has 1 saturated heterocycles. The zero-order chi connectivity index (χ0) is 22.1. The van der Waals surface area contributed by atoms with Crippen LogP contribution in [-0.4, -0.2) is 49.6 Å². The minimum absolute atomic E-state index is 0.0388. The van der Waals surface area contributed by atoms with E-state index in [1.165, 1.54) is 0 Å². The summed E-state index contributed by atoms with van der Waals surface area (Å²) in [4.78, 5) is 32.0. The molecule has 1 aliphatic rings. The molecule has 0 unspecified atom stereocenters. The first-order valence-corrected chi connectivity index (χ1v) is 10.4. The Bertz CT molecular complexity index is 914. The predicted octanol–water partition coefficient (Wildman–Crippen LogP) is 2.75. The topological polar surface area (TPSA) is 92.2 Å². The SMILES string of the molecule is CC(C)Nc1ncccc1C(=O)NC[C@@H]1CC(=O)N(C(C)(C)C)[C@H]1c1cnn(C)c1. The quantitative estimate of drug-likeness (QED) is 0.761. The van der Waals surface area contributed by atoms with Crippen LogP contribution >= 0.6 is 0 Å². The number of carbonyl (C=O) groups is 2. The number of carbonyl (C=O) groups excluding carboxylic acids is 2. The van der Waals surface area contributed by atoms with Crippen molar-refractivity contribution in [3.63, 3.8) is 0 Å². The zero-order valence-electron chi connectivity index (χ0n) is 18.6. The number of likely N-dealkylation sites (tertiary alicyclic amines) is 1. The molecule has 8 heteroatoms. The van der Waals surface area contributed by atoms with E-state index in [1.54, 1.807) is 23.0 Å². The number of hydrogen-bond donors (Lipinski definition) is 2. The van der Waals surface area contributed by atoms with Crippen LogP contribution in [0.1, 0.15) is 63.0 Å². The molecule has 0 aliphatic carbocycles. The summed E-state index contributed by atoms with van der Waals surface area (Å²) in [6.07, 6.45) is 5.81. The average Bonchev–Trinajstić information content (AvgIpc) is 3.22. The van der Waals surface area contributed by atoms with E-state index in [-0.39, 0.29) is 35.4 Å². The van der Waals surface area contributed by atoms with Crippen LogP contribution in [0.25, 0.3) is 0 Å². The summed E-state index contributed by atoms with van der Waals surface area (Å²) in [6, 6.07) is 3.54. The van der Waals surface area contributed by atoms with Crippen LogP contribution in [0.15, 0.2) is 30.7 Å². The molecule has 2 aromatic heterocycles. The third kappa shape index (κ3) is 4.63. The van der Waals surface area contributed by atoms with Crippen molar-refractivity contribution in [3.05, 3.63) is 41.9 Å². The molecule has 8 nitrogen and oxygen atoms in total. The largest absolute Gasteiger partial charge is 0.367 e. The number of rotatable bonds is 6. The van der Waals surface area contributed by atoms with Crippen molar-refractivity contribution in [2.45, 2.75) is 58.7 Å². The van der Waals surface area contributed by atoms with E-state index in [0.29, 0.717) is 24.3 Å². The Kier molecular flexibility index (Phi) is 6.14. The number of pyridine rings is 1. The predicted molar refractivity (Wildman–Crippen MR) is 116 cm³/mol. The highest BCUT2D eigenvalue weighted by Gasteiger charge is 2.45. The van der Waals surface area contributed by atoms with Crippen molar-refractivity contribution in [1.29, 1.82) is 0 Å². The van der Waals surface area contributed by atoms with Gasteiger partial charge in [-0.15, -0.1) is 0 Å². The fourth-order valence-electron chi connectivity index (χ4n) is 4.09. The Morgan fingerprint density at radius 1 is 1.33 bits per heavy atom. The molecule has 1 aliphatic heterocycles. The van der Waals surface area contributed by atoms with Crippen molar-refractivity contribution in [2.24, 2.45) is 13.0 Å². The molecule has 162 valence electrons. The molecule has 2 aromatic rings. The van der Waals surface area contributed by atoms with Gasteiger partial charge in [-0.25, -0.2) is 4.98 Å². The van der Waals surface area contributed by atoms with Gasteiger partial charge >= 0.3 is 0 Å². The van der Waals surface area contributed by atoms with Gasteiger partial charge in [0.15, 0.2) is 0 Å². The van der Waals surface area contributed by atoms with E-state index in [4.69, 9.17) is 0 Å². The highest BCUT2D eigenvalue weighted by atomic mass is 16.2. The van der Waals surface area contributed by atoms with E-state index >= 15 is 0 Å². The summed E-state index contributed by atoms with van der Waals surface area (Å²) >= 11 is 0. The van der Waals surface area contributed by atoms with Crippen LogP contribution in [0.5, 0.6) is 0 Å². The molecule has 0 bridgehead atoms. The van der Waals surface area contributed by atoms with Crippen LogP contribution in [-0.2, 0) is 11.8 Å². The first kappa shape index (κ1) is 21.8. The van der Waals surface area contributed by atoms with Gasteiger partial charge in [0.25, 0.3) is 5.91 Å². The molecule has 0 radical (unpaired) electrons. The minimum atomic E-state index is -0.325. The van der Waals surface area contributed by atoms with Crippen molar-refractivity contribution in [1.82, 2.24) is 25.0 Å². The van der Waals surface area contributed by atoms with Crippen molar-refractivity contribution in [2.75, 3.05) is 11.9 Å². The molecule has 0 spiro atoms. The van der Waals surface area contributed by atoms with E-state index in [9.17, 15) is 9.59 Å². The molecule has 1 fully saturated rings. The van der Waals surface area contributed by atoms with E-state index in [1.807, 2.05) is 59.0 Å². The first-order chi connectivity index (χ1) is 14.1. The van der Waals surface area contributed by atoms with E-state index < -0.39 is 0 Å². The van der Waals surface area contributed by atoms with Gasteiger partial charge in [0.2, 0.25) is 5.91 Å². The lowest BCUT2D eigenvalue weighted by Gasteiger charge is -2.38. The zero-order valence-corrected chi connectivity index (χ0v) is 18.6. The number of hydrogen-bond acceptors (Lipinski definition) is 5. The van der Waals surface area contributed by atoms with Gasteiger partial charge in [-0.05, 0) is 46.8 Å². The lowest BCUT2D eigenvalue weighted by molar-refractivity contribution is -0.133. The Morgan fingerprint density at radius 2 is 2.07 bits per heavy atom. The second-order valence-corrected chi connectivity index (χ2v) is 9.20. The molecule has 3 rings (SSSR count). The third-order valence-electron chi connectivity index (χ3n) is 5.22. The number of aromatic nitrogens is 3. The second kappa shape index (κ2) is 8.45. The Hall–Kier alpha value is -2.90. The van der Waals surface area contributed by atoms with Crippen LogP contribution in [0.2, 0.25) is 0 Å². The lowest BCUT2D eigenvalue weighted by Crippen LogP contribution is -2.44. The maximum Gasteiger partial charge on any atom is 0.255 e. The molecular formula is C22H32N6O2. The van der Waals surface area contributed by atoms with Crippen LogP contribution in [0.3, 0.4) is 0 Å². The van der Waals surface area contributed by atoms with Crippen LogP contribution in [0, 0.1) is 5.92 Å². The summed E-state index contributed by atoms with van der Waals surface area (Å²) in [5.74, 6) is 0.424. The molecule has 2 atom stereocenters. The molecule has 0 saturated carbocycles. The Morgan fingerprint density at radius 3 is 2.67 bits per heavy atom. The van der Waals surface area contributed by atoms with Crippen molar-refractivity contribution in [3.8, 4) is 0 Å². The van der Waals surface area contributed by atoms with E-state index in [0.717, 1.165) is 5.56 Å². The average molecular weight is 413 g/mol. The highest BCUT2D eigenvalue weighted by Crippen LogP contribution is 2.42. The fourth-order valence-corrected chi connectivity index (χ4v) is 4.09. The van der Waals surface area contributed by atoms with Gasteiger partial charge in [0.05, 0.1) is 17.8 Å². The monoisotopic (exact) mass is 412 g/mol. The van der Waals surface area contributed by atoms with Crippen LogP contribution in [0.4, 0.5) is 5.82 Å². The fraction of sp³-hybridized carbons (Fsp3) is 0.545. The lowest BCUT2D eigenvalue weighted by atomic mass is 9.93. The van der Waals surface area contributed by atoms with Gasteiger partial charge in [-0.2, -0.15) is 5.10 Å². The maximum absolute atomic E-state index is 12.9. The smallest absolute Gasteiger partial charge is 0.255 e. The molecule has 2 amide bonds. The minimum Gasteiger partial charge on any atom is -0.367 e. The maximum atomic E-state index is 12.9. The molecule has 30 heavy (non-hydrogen) atoms. The summed E-state index contributed by atoms with van der Waals surface area (Å²) in [5.41, 5.74) is 1.16. The molecule has 2 N–H and O–H groups in total. The van der Waals surface area contributed by atoms with Gasteiger partial charge in [0, 0.05) is 55.5 Å². The second-order valence-electron chi connectivity index (χ2n) is 9.20. The summed E-state index contributed by atoms with van der Waals surface area (Å²) in [6.45, 7) is 10.5. The first-order valence-electron chi connectivity index (χ1n) is 10.4. The van der Waals surface area contributed by atoms with Gasteiger partial charge < -0.3 is 15.5 Å². The Balaban J connectivity index is 1.80. The molecule has 0 aromatic carbocycles. The van der Waals surface area contributed by atoms with Gasteiger partial charge in [0.1, 0.15) is 5.82 Å².